The molecule has 0 atom stereocenters. The third-order valence-electron chi connectivity index (χ3n) is 3.75. The number of piperidine rings is 1. The normalized spacial score (nSPS) is 16.4. The molecule has 1 fully saturated rings. The third kappa shape index (κ3) is 2.43. The van der Waals surface area contributed by atoms with Crippen molar-refractivity contribution in [3.05, 3.63) is 54.1 Å². The summed E-state index contributed by atoms with van der Waals surface area (Å²) in [5.74, 6) is -0.672. The molecule has 0 spiro atoms. The lowest BCUT2D eigenvalue weighted by atomic mass is 10.0. The van der Waals surface area contributed by atoms with Crippen LogP contribution in [0.4, 0.5) is 4.39 Å². The Balaban J connectivity index is 1.66. The molecule has 1 aromatic heterocycles. The molecule has 4 nitrogen and oxygen atoms in total. The van der Waals surface area contributed by atoms with Crippen molar-refractivity contribution in [1.29, 1.82) is 0 Å². The molecule has 1 aliphatic rings. The zero-order valence-corrected chi connectivity index (χ0v) is 11.1. The summed E-state index contributed by atoms with van der Waals surface area (Å²) in [6.45, 7) is 1.27. The molecule has 20 heavy (non-hydrogen) atoms. The van der Waals surface area contributed by atoms with Crippen molar-refractivity contribution in [1.82, 2.24) is 14.7 Å². The van der Waals surface area contributed by atoms with Crippen LogP contribution >= 0.6 is 0 Å². The number of benzene rings is 1. The molecule has 104 valence electrons. The van der Waals surface area contributed by atoms with Crippen LogP contribution in [0.5, 0.6) is 0 Å². The third-order valence-corrected chi connectivity index (χ3v) is 3.75. The molecule has 2 heterocycles. The number of carbonyl (C=O) groups is 1. The number of likely N-dealkylation sites (tertiary alicyclic amines) is 1. The van der Waals surface area contributed by atoms with E-state index in [1.54, 1.807) is 23.2 Å². The van der Waals surface area contributed by atoms with Gasteiger partial charge < -0.3 is 4.90 Å². The van der Waals surface area contributed by atoms with Gasteiger partial charge in [-0.1, -0.05) is 12.1 Å². The van der Waals surface area contributed by atoms with Gasteiger partial charge in [-0.2, -0.15) is 5.10 Å². The Bertz CT molecular complexity index is 589. The SMILES string of the molecule is O=C(c1ccccc1F)N1CCC(n2cccn2)CC1. The molecule has 1 saturated heterocycles. The van der Waals surface area contributed by atoms with Gasteiger partial charge in [-0.05, 0) is 31.0 Å². The van der Waals surface area contributed by atoms with Crippen LogP contribution in [-0.2, 0) is 0 Å². The molecule has 1 aliphatic heterocycles. The Labute approximate surface area is 116 Å². The highest BCUT2D eigenvalue weighted by Crippen LogP contribution is 2.23. The van der Waals surface area contributed by atoms with Crippen molar-refractivity contribution in [3.63, 3.8) is 0 Å². The summed E-state index contributed by atoms with van der Waals surface area (Å²) in [6.07, 6.45) is 5.40. The first-order chi connectivity index (χ1) is 9.75. The maximum Gasteiger partial charge on any atom is 0.256 e. The number of amides is 1. The molecule has 0 N–H and O–H groups in total. The van der Waals surface area contributed by atoms with Gasteiger partial charge in [0.25, 0.3) is 5.91 Å². The standard InChI is InChI=1S/C15H16FN3O/c16-14-5-2-1-4-13(14)15(20)18-10-6-12(7-11-18)19-9-3-8-17-19/h1-5,8-9,12H,6-7,10-11H2. The van der Waals surface area contributed by atoms with Crippen molar-refractivity contribution < 1.29 is 9.18 Å². The van der Waals surface area contributed by atoms with Crippen LogP contribution in [0.15, 0.2) is 42.7 Å². The number of aromatic nitrogens is 2. The minimum absolute atomic E-state index is 0.157. The monoisotopic (exact) mass is 273 g/mol. The molecular weight excluding hydrogens is 257 g/mol. The van der Waals surface area contributed by atoms with Crippen molar-refractivity contribution >= 4 is 5.91 Å². The van der Waals surface area contributed by atoms with Crippen molar-refractivity contribution in [2.24, 2.45) is 0 Å². The lowest BCUT2D eigenvalue weighted by molar-refractivity contribution is 0.0685. The van der Waals surface area contributed by atoms with E-state index in [0.717, 1.165) is 12.8 Å². The summed E-state index contributed by atoms with van der Waals surface area (Å²) >= 11 is 0. The molecule has 0 saturated carbocycles. The van der Waals surface area contributed by atoms with Crippen LogP contribution < -0.4 is 0 Å². The maximum atomic E-state index is 13.6. The quantitative estimate of drug-likeness (QED) is 0.843. The summed E-state index contributed by atoms with van der Waals surface area (Å²) in [7, 11) is 0. The second-order valence-corrected chi connectivity index (χ2v) is 4.99. The number of hydrogen-bond donors (Lipinski definition) is 0. The highest BCUT2D eigenvalue weighted by Gasteiger charge is 2.25. The van der Waals surface area contributed by atoms with Gasteiger partial charge in [-0.15, -0.1) is 0 Å². The number of rotatable bonds is 2. The average Bonchev–Trinajstić information content (AvgIpc) is 3.01. The Morgan fingerprint density at radius 2 is 1.95 bits per heavy atom. The largest absolute Gasteiger partial charge is 0.338 e. The minimum atomic E-state index is -0.452. The van der Waals surface area contributed by atoms with Gasteiger partial charge in [-0.3, -0.25) is 9.48 Å². The molecule has 2 aromatic rings. The van der Waals surface area contributed by atoms with E-state index < -0.39 is 5.82 Å². The smallest absolute Gasteiger partial charge is 0.256 e. The van der Waals surface area contributed by atoms with Crippen LogP contribution in [0.2, 0.25) is 0 Å². The van der Waals surface area contributed by atoms with Crippen molar-refractivity contribution in [3.8, 4) is 0 Å². The summed E-state index contributed by atoms with van der Waals surface area (Å²) in [5, 5.41) is 4.24. The number of carbonyl (C=O) groups excluding carboxylic acids is 1. The highest BCUT2D eigenvalue weighted by molar-refractivity contribution is 5.94. The lowest BCUT2D eigenvalue weighted by Gasteiger charge is -2.32. The second kappa shape index (κ2) is 5.45. The van der Waals surface area contributed by atoms with Gasteiger partial charge >= 0.3 is 0 Å². The van der Waals surface area contributed by atoms with E-state index in [0.29, 0.717) is 19.1 Å². The van der Waals surface area contributed by atoms with Gasteiger partial charge in [0, 0.05) is 25.5 Å². The first kappa shape index (κ1) is 12.8. The molecular formula is C15H16FN3O. The fourth-order valence-corrected chi connectivity index (χ4v) is 2.64. The molecule has 0 unspecified atom stereocenters. The van der Waals surface area contributed by atoms with Crippen LogP contribution in [-0.4, -0.2) is 33.7 Å². The predicted molar refractivity (Wildman–Crippen MR) is 72.8 cm³/mol. The van der Waals surface area contributed by atoms with E-state index in [-0.39, 0.29) is 11.5 Å². The molecule has 1 aromatic carbocycles. The topological polar surface area (TPSA) is 38.1 Å². The molecule has 1 amide bonds. The van der Waals surface area contributed by atoms with E-state index >= 15 is 0 Å². The van der Waals surface area contributed by atoms with E-state index in [1.165, 1.54) is 12.1 Å². The van der Waals surface area contributed by atoms with Crippen molar-refractivity contribution in [2.45, 2.75) is 18.9 Å². The lowest BCUT2D eigenvalue weighted by Crippen LogP contribution is -2.39. The van der Waals surface area contributed by atoms with Gasteiger partial charge in [0.2, 0.25) is 0 Å². The molecule has 5 heteroatoms. The van der Waals surface area contributed by atoms with Crippen LogP contribution in [0.1, 0.15) is 29.2 Å². The number of halogens is 1. The summed E-state index contributed by atoms with van der Waals surface area (Å²) in [6, 6.07) is 8.37. The summed E-state index contributed by atoms with van der Waals surface area (Å²) in [4.78, 5) is 14.0. The van der Waals surface area contributed by atoms with E-state index in [2.05, 4.69) is 5.10 Å². The summed E-state index contributed by atoms with van der Waals surface area (Å²) in [5.41, 5.74) is 0.157. The molecule has 0 radical (unpaired) electrons. The molecule has 0 aliphatic carbocycles. The average molecular weight is 273 g/mol. The number of nitrogens with zero attached hydrogens (tertiary/aromatic N) is 3. The predicted octanol–water partition coefficient (Wildman–Crippen LogP) is 2.50. The first-order valence-corrected chi connectivity index (χ1v) is 6.78. The van der Waals surface area contributed by atoms with E-state index in [1.807, 2.05) is 16.9 Å². The number of hydrogen-bond acceptors (Lipinski definition) is 2. The van der Waals surface area contributed by atoms with Gasteiger partial charge in [0.15, 0.2) is 0 Å². The Morgan fingerprint density at radius 3 is 2.60 bits per heavy atom. The maximum absolute atomic E-state index is 13.6. The van der Waals surface area contributed by atoms with E-state index in [9.17, 15) is 9.18 Å². The van der Waals surface area contributed by atoms with Gasteiger partial charge in [-0.25, -0.2) is 4.39 Å². The Morgan fingerprint density at radius 1 is 1.20 bits per heavy atom. The molecule has 3 rings (SSSR count). The fourth-order valence-electron chi connectivity index (χ4n) is 2.64. The fraction of sp³-hybridized carbons (Fsp3) is 0.333. The van der Waals surface area contributed by atoms with Crippen LogP contribution in [0.25, 0.3) is 0 Å². The van der Waals surface area contributed by atoms with Crippen LogP contribution in [0.3, 0.4) is 0 Å². The highest BCUT2D eigenvalue weighted by atomic mass is 19.1. The zero-order valence-electron chi connectivity index (χ0n) is 11.1. The first-order valence-electron chi connectivity index (χ1n) is 6.78. The zero-order chi connectivity index (χ0) is 13.9. The minimum Gasteiger partial charge on any atom is -0.338 e. The van der Waals surface area contributed by atoms with Gasteiger partial charge in [0.05, 0.1) is 11.6 Å². The van der Waals surface area contributed by atoms with E-state index in [4.69, 9.17) is 0 Å². The van der Waals surface area contributed by atoms with Crippen molar-refractivity contribution in [2.75, 3.05) is 13.1 Å². The summed E-state index contributed by atoms with van der Waals surface area (Å²) < 4.78 is 15.6. The Hall–Kier alpha value is -2.17. The van der Waals surface area contributed by atoms with Crippen LogP contribution in [0, 0.1) is 5.82 Å². The molecule has 0 bridgehead atoms. The Kier molecular flexibility index (Phi) is 3.50. The second-order valence-electron chi connectivity index (χ2n) is 4.99. The van der Waals surface area contributed by atoms with Gasteiger partial charge in [0.1, 0.15) is 5.82 Å².